The van der Waals surface area contributed by atoms with Crippen molar-refractivity contribution in [2.24, 2.45) is 7.05 Å². The van der Waals surface area contributed by atoms with Crippen LogP contribution < -0.4 is 0 Å². The third-order valence-electron chi connectivity index (χ3n) is 4.02. The molecular weight excluding hydrogens is 266 g/mol. The van der Waals surface area contributed by atoms with Gasteiger partial charge in [0, 0.05) is 24.1 Å². The Morgan fingerprint density at radius 3 is 2.59 bits per heavy atom. The summed E-state index contributed by atoms with van der Waals surface area (Å²) in [6, 6.07) is 17.3. The molecule has 0 saturated heterocycles. The highest BCUT2D eigenvalue weighted by Gasteiger charge is 2.09. The van der Waals surface area contributed by atoms with E-state index in [1.54, 1.807) is 0 Å². The molecule has 0 amide bonds. The summed E-state index contributed by atoms with van der Waals surface area (Å²) in [5, 5.41) is 1.26. The number of fused-ring (bicyclic) bond motifs is 1. The molecule has 0 spiro atoms. The summed E-state index contributed by atoms with van der Waals surface area (Å²) in [5.41, 5.74) is 7.32. The lowest BCUT2D eigenvalue weighted by Gasteiger charge is -2.12. The van der Waals surface area contributed by atoms with Gasteiger partial charge in [0.15, 0.2) is 0 Å². The molecule has 1 aromatic heterocycles. The zero-order valence-electron chi connectivity index (χ0n) is 13.4. The van der Waals surface area contributed by atoms with Crippen molar-refractivity contribution < 1.29 is 0 Å². The number of aromatic nitrogens is 1. The van der Waals surface area contributed by atoms with Crippen molar-refractivity contribution in [2.45, 2.75) is 13.8 Å². The maximum Gasteiger partial charge on any atom is 0.0478 e. The smallest absolute Gasteiger partial charge is 0.0478 e. The van der Waals surface area contributed by atoms with Crippen LogP contribution in [0.15, 0.2) is 73.0 Å². The molecule has 0 radical (unpaired) electrons. The fourth-order valence-electron chi connectivity index (χ4n) is 2.89. The normalized spacial score (nSPS) is 11.9. The maximum atomic E-state index is 4.06. The van der Waals surface area contributed by atoms with E-state index in [1.165, 1.54) is 33.2 Å². The van der Waals surface area contributed by atoms with Crippen LogP contribution in [0.3, 0.4) is 0 Å². The quantitative estimate of drug-likeness (QED) is 0.561. The van der Waals surface area contributed by atoms with Crippen LogP contribution in [0.1, 0.15) is 23.6 Å². The second-order valence-corrected chi connectivity index (χ2v) is 5.92. The Morgan fingerprint density at radius 2 is 1.86 bits per heavy atom. The van der Waals surface area contributed by atoms with Gasteiger partial charge in [0.2, 0.25) is 0 Å². The molecule has 22 heavy (non-hydrogen) atoms. The van der Waals surface area contributed by atoms with E-state index in [-0.39, 0.29) is 0 Å². The first kappa shape index (κ1) is 14.4. The fourth-order valence-corrected chi connectivity index (χ4v) is 2.89. The number of benzene rings is 2. The van der Waals surface area contributed by atoms with E-state index in [0.717, 1.165) is 5.57 Å². The van der Waals surface area contributed by atoms with Gasteiger partial charge in [-0.2, -0.15) is 0 Å². The lowest BCUT2D eigenvalue weighted by atomic mass is 9.92. The van der Waals surface area contributed by atoms with Crippen LogP contribution in [0, 0.1) is 6.92 Å². The van der Waals surface area contributed by atoms with E-state index in [2.05, 4.69) is 85.9 Å². The van der Waals surface area contributed by atoms with Crippen LogP contribution in [0.25, 0.3) is 16.5 Å². The molecule has 0 saturated carbocycles. The molecule has 0 atom stereocenters. The summed E-state index contributed by atoms with van der Waals surface area (Å²) in [6.45, 7) is 8.26. The lowest BCUT2D eigenvalue weighted by molar-refractivity contribution is 0.969. The van der Waals surface area contributed by atoms with Gasteiger partial charge in [0.25, 0.3) is 0 Å². The highest BCUT2D eigenvalue weighted by Crippen LogP contribution is 2.29. The molecule has 0 aliphatic heterocycles. The molecule has 1 heterocycles. The first-order chi connectivity index (χ1) is 10.6. The largest absolute Gasteiger partial charge is 0.351 e. The van der Waals surface area contributed by atoms with Gasteiger partial charge in [-0.15, -0.1) is 0 Å². The minimum absolute atomic E-state index is 1.06. The summed E-state index contributed by atoms with van der Waals surface area (Å²) >= 11 is 0. The number of hydrogen-bond acceptors (Lipinski definition) is 0. The zero-order chi connectivity index (χ0) is 15.7. The molecular formula is C21H21N. The van der Waals surface area contributed by atoms with Crippen molar-refractivity contribution in [3.8, 4) is 0 Å². The number of aryl methyl sites for hydroxylation is 2. The van der Waals surface area contributed by atoms with Gasteiger partial charge in [-0.3, -0.25) is 0 Å². The minimum Gasteiger partial charge on any atom is -0.351 e. The second kappa shape index (κ2) is 5.69. The standard InChI is InChI=1S/C21H21N/c1-15(2)13-20(19-8-6-5-7-16(19)3)17-9-10-21-18(14-17)11-12-22(21)4/h5-14H,1H2,2-4H3. The monoisotopic (exact) mass is 287 g/mol. The number of rotatable bonds is 3. The van der Waals surface area contributed by atoms with Gasteiger partial charge in [-0.25, -0.2) is 0 Å². The Kier molecular flexibility index (Phi) is 3.72. The molecule has 0 bridgehead atoms. The Morgan fingerprint density at radius 1 is 1.09 bits per heavy atom. The average molecular weight is 287 g/mol. The predicted molar refractivity (Wildman–Crippen MR) is 96.0 cm³/mol. The van der Waals surface area contributed by atoms with Crippen molar-refractivity contribution in [3.05, 3.63) is 89.6 Å². The van der Waals surface area contributed by atoms with Crippen LogP contribution in [0.2, 0.25) is 0 Å². The van der Waals surface area contributed by atoms with E-state index >= 15 is 0 Å². The van der Waals surface area contributed by atoms with E-state index in [0.29, 0.717) is 0 Å². The summed E-state index contributed by atoms with van der Waals surface area (Å²) < 4.78 is 2.15. The summed E-state index contributed by atoms with van der Waals surface area (Å²) in [6.07, 6.45) is 4.27. The van der Waals surface area contributed by atoms with Crippen molar-refractivity contribution in [1.29, 1.82) is 0 Å². The Labute approximate surface area is 132 Å². The number of allylic oxidation sites excluding steroid dienone is 2. The molecule has 0 unspecified atom stereocenters. The van der Waals surface area contributed by atoms with Gasteiger partial charge < -0.3 is 4.57 Å². The minimum atomic E-state index is 1.06. The molecule has 0 fully saturated rings. The highest BCUT2D eigenvalue weighted by atomic mass is 14.9. The highest BCUT2D eigenvalue weighted by molar-refractivity contribution is 5.89. The third-order valence-corrected chi connectivity index (χ3v) is 4.02. The van der Waals surface area contributed by atoms with Crippen molar-refractivity contribution in [1.82, 2.24) is 4.57 Å². The molecule has 1 nitrogen and oxygen atoms in total. The predicted octanol–water partition coefficient (Wildman–Crippen LogP) is 5.49. The second-order valence-electron chi connectivity index (χ2n) is 5.92. The zero-order valence-corrected chi connectivity index (χ0v) is 13.4. The van der Waals surface area contributed by atoms with Crippen molar-refractivity contribution >= 4 is 16.5 Å². The maximum absolute atomic E-state index is 4.06. The van der Waals surface area contributed by atoms with Crippen molar-refractivity contribution in [2.75, 3.05) is 0 Å². The average Bonchev–Trinajstić information content (AvgIpc) is 2.86. The Hall–Kier alpha value is -2.54. The van der Waals surface area contributed by atoms with Crippen LogP contribution in [0.4, 0.5) is 0 Å². The van der Waals surface area contributed by atoms with Crippen molar-refractivity contribution in [3.63, 3.8) is 0 Å². The van der Waals surface area contributed by atoms with Gasteiger partial charge in [-0.1, -0.05) is 48.6 Å². The first-order valence-electron chi connectivity index (χ1n) is 7.55. The molecule has 3 aromatic rings. The van der Waals surface area contributed by atoms with E-state index in [4.69, 9.17) is 0 Å². The fraction of sp³-hybridized carbons (Fsp3) is 0.143. The molecule has 0 aliphatic rings. The Balaban J connectivity index is 2.21. The first-order valence-corrected chi connectivity index (χ1v) is 7.55. The van der Waals surface area contributed by atoms with Gasteiger partial charge >= 0.3 is 0 Å². The van der Waals surface area contributed by atoms with Crippen LogP contribution in [0.5, 0.6) is 0 Å². The molecule has 2 aromatic carbocycles. The molecule has 0 aliphatic carbocycles. The van der Waals surface area contributed by atoms with Crippen LogP contribution >= 0.6 is 0 Å². The molecule has 1 heteroatoms. The summed E-state index contributed by atoms with van der Waals surface area (Å²) in [7, 11) is 2.08. The van der Waals surface area contributed by atoms with Gasteiger partial charge in [-0.05, 0) is 54.3 Å². The third kappa shape index (κ3) is 2.62. The topological polar surface area (TPSA) is 4.93 Å². The van der Waals surface area contributed by atoms with Gasteiger partial charge in [0.1, 0.15) is 0 Å². The Bertz CT molecular complexity index is 878. The van der Waals surface area contributed by atoms with Crippen LogP contribution in [-0.2, 0) is 7.05 Å². The van der Waals surface area contributed by atoms with E-state index in [9.17, 15) is 0 Å². The van der Waals surface area contributed by atoms with Crippen LogP contribution in [-0.4, -0.2) is 4.57 Å². The van der Waals surface area contributed by atoms with E-state index < -0.39 is 0 Å². The lowest BCUT2D eigenvalue weighted by Crippen LogP contribution is -1.92. The van der Waals surface area contributed by atoms with Gasteiger partial charge in [0.05, 0.1) is 0 Å². The van der Waals surface area contributed by atoms with E-state index in [1.807, 2.05) is 6.92 Å². The molecule has 3 rings (SSSR count). The number of nitrogens with zero attached hydrogens (tertiary/aromatic N) is 1. The molecule has 0 N–H and O–H groups in total. The summed E-state index contributed by atoms with van der Waals surface area (Å²) in [5.74, 6) is 0. The SMILES string of the molecule is C=C(C)C=C(c1ccc2c(ccn2C)c1)c1ccccc1C. The summed E-state index contributed by atoms with van der Waals surface area (Å²) in [4.78, 5) is 0. The number of hydrogen-bond donors (Lipinski definition) is 0. The molecule has 110 valence electrons.